The molecule has 1 saturated heterocycles. The van der Waals surface area contributed by atoms with E-state index in [4.69, 9.17) is 4.74 Å². The van der Waals surface area contributed by atoms with Crippen LogP contribution in [0, 0.1) is 5.92 Å². The first-order valence-corrected chi connectivity index (χ1v) is 10.4. The van der Waals surface area contributed by atoms with Crippen molar-refractivity contribution in [3.05, 3.63) is 60.2 Å². The molecule has 0 aliphatic carbocycles. The van der Waals surface area contributed by atoms with Gasteiger partial charge in [-0.25, -0.2) is 8.42 Å². The van der Waals surface area contributed by atoms with Crippen molar-refractivity contribution in [1.82, 2.24) is 9.62 Å². The topological polar surface area (TPSA) is 75.7 Å². The van der Waals surface area contributed by atoms with E-state index in [2.05, 4.69) is 5.32 Å². The number of rotatable bonds is 6. The van der Waals surface area contributed by atoms with Gasteiger partial charge in [-0.3, -0.25) is 4.79 Å². The number of ether oxygens (including phenoxy) is 1. The molecule has 1 heterocycles. The Balaban J connectivity index is 1.60. The van der Waals surface area contributed by atoms with Gasteiger partial charge in [0.15, 0.2) is 0 Å². The van der Waals surface area contributed by atoms with Gasteiger partial charge >= 0.3 is 0 Å². The van der Waals surface area contributed by atoms with Crippen LogP contribution in [-0.4, -0.2) is 38.8 Å². The van der Waals surface area contributed by atoms with Crippen molar-refractivity contribution >= 4 is 15.9 Å². The van der Waals surface area contributed by atoms with Gasteiger partial charge in [-0.05, 0) is 42.7 Å². The van der Waals surface area contributed by atoms with Crippen LogP contribution in [0.5, 0.6) is 5.75 Å². The molecule has 1 amide bonds. The van der Waals surface area contributed by atoms with Crippen LogP contribution in [0.2, 0.25) is 0 Å². The molecule has 6 nitrogen and oxygen atoms in total. The normalized spacial score (nSPS) is 18.0. The third kappa shape index (κ3) is 4.67. The molecule has 1 atom stereocenters. The quantitative estimate of drug-likeness (QED) is 0.825. The molecule has 2 aromatic carbocycles. The predicted molar refractivity (Wildman–Crippen MR) is 103 cm³/mol. The van der Waals surface area contributed by atoms with Crippen LogP contribution in [0.3, 0.4) is 0 Å². The smallest absolute Gasteiger partial charge is 0.243 e. The maximum Gasteiger partial charge on any atom is 0.243 e. The van der Waals surface area contributed by atoms with Gasteiger partial charge in [0.1, 0.15) is 5.75 Å². The van der Waals surface area contributed by atoms with Gasteiger partial charge in [0.2, 0.25) is 15.9 Å². The lowest BCUT2D eigenvalue weighted by Gasteiger charge is -2.31. The van der Waals surface area contributed by atoms with E-state index in [0.29, 0.717) is 25.9 Å². The summed E-state index contributed by atoms with van der Waals surface area (Å²) < 4.78 is 32.1. The second-order valence-corrected chi connectivity index (χ2v) is 8.52. The van der Waals surface area contributed by atoms with E-state index < -0.39 is 10.0 Å². The Hall–Kier alpha value is -2.38. The van der Waals surface area contributed by atoms with Crippen LogP contribution in [0.25, 0.3) is 0 Å². The zero-order valence-electron chi connectivity index (χ0n) is 15.3. The van der Waals surface area contributed by atoms with Crippen LogP contribution in [-0.2, 0) is 21.4 Å². The van der Waals surface area contributed by atoms with E-state index in [9.17, 15) is 13.2 Å². The van der Waals surface area contributed by atoms with Crippen molar-refractivity contribution in [1.29, 1.82) is 0 Å². The molecule has 0 bridgehead atoms. The summed E-state index contributed by atoms with van der Waals surface area (Å²) in [7, 11) is -1.96. The number of methoxy groups -OCH3 is 1. The maximum atomic E-state index is 12.8. The lowest BCUT2D eigenvalue weighted by atomic mass is 9.99. The molecular formula is C20H24N2O4S. The van der Waals surface area contributed by atoms with E-state index >= 15 is 0 Å². The van der Waals surface area contributed by atoms with Crippen molar-refractivity contribution in [2.75, 3.05) is 20.2 Å². The van der Waals surface area contributed by atoms with Crippen LogP contribution in [0.15, 0.2) is 59.5 Å². The molecule has 0 spiro atoms. The van der Waals surface area contributed by atoms with Gasteiger partial charge in [0, 0.05) is 19.6 Å². The highest BCUT2D eigenvalue weighted by molar-refractivity contribution is 7.89. The summed E-state index contributed by atoms with van der Waals surface area (Å²) in [4.78, 5) is 12.8. The zero-order chi connectivity index (χ0) is 19.3. The average molecular weight is 388 g/mol. The lowest BCUT2D eigenvalue weighted by Crippen LogP contribution is -2.45. The first kappa shape index (κ1) is 19.4. The minimum atomic E-state index is -3.56. The fourth-order valence-electron chi connectivity index (χ4n) is 3.19. The Bertz CT molecular complexity index is 867. The average Bonchev–Trinajstić information content (AvgIpc) is 2.73. The largest absolute Gasteiger partial charge is 0.497 e. The molecule has 0 saturated carbocycles. The van der Waals surface area contributed by atoms with Crippen molar-refractivity contribution < 1.29 is 17.9 Å². The van der Waals surface area contributed by atoms with Crippen molar-refractivity contribution in [3.8, 4) is 5.75 Å². The predicted octanol–water partition coefficient (Wildman–Crippen LogP) is 2.41. The Morgan fingerprint density at radius 3 is 2.52 bits per heavy atom. The molecule has 144 valence electrons. The number of hydrogen-bond acceptors (Lipinski definition) is 4. The maximum absolute atomic E-state index is 12.8. The molecule has 27 heavy (non-hydrogen) atoms. The van der Waals surface area contributed by atoms with Crippen molar-refractivity contribution in [2.45, 2.75) is 24.3 Å². The highest BCUT2D eigenvalue weighted by Gasteiger charge is 2.33. The molecule has 3 rings (SSSR count). The number of piperidine rings is 1. The molecule has 2 aromatic rings. The highest BCUT2D eigenvalue weighted by atomic mass is 32.2. The van der Waals surface area contributed by atoms with E-state index in [1.807, 2.05) is 24.3 Å². The second-order valence-electron chi connectivity index (χ2n) is 6.58. The third-order valence-corrected chi connectivity index (χ3v) is 6.64. The highest BCUT2D eigenvalue weighted by Crippen LogP contribution is 2.24. The van der Waals surface area contributed by atoms with Gasteiger partial charge in [-0.15, -0.1) is 0 Å². The van der Waals surface area contributed by atoms with Crippen LogP contribution in [0.1, 0.15) is 18.4 Å². The molecule has 0 aromatic heterocycles. The minimum absolute atomic E-state index is 0.112. The Morgan fingerprint density at radius 1 is 1.15 bits per heavy atom. The molecule has 1 N–H and O–H groups in total. The minimum Gasteiger partial charge on any atom is -0.497 e. The third-order valence-electron chi connectivity index (χ3n) is 4.76. The number of carbonyl (C=O) groups excluding carboxylic acids is 1. The van der Waals surface area contributed by atoms with E-state index in [1.165, 1.54) is 4.31 Å². The SMILES string of the molecule is COc1ccc(CNC(=O)[C@H]2CCCN(S(=O)(=O)c3ccccc3)C2)cc1. The fraction of sp³-hybridized carbons (Fsp3) is 0.350. The summed E-state index contributed by atoms with van der Waals surface area (Å²) in [5.41, 5.74) is 0.966. The molecule has 1 fully saturated rings. The monoisotopic (exact) mass is 388 g/mol. The molecule has 1 aliphatic rings. The van der Waals surface area contributed by atoms with Crippen molar-refractivity contribution in [2.24, 2.45) is 5.92 Å². The van der Waals surface area contributed by atoms with E-state index in [-0.39, 0.29) is 23.3 Å². The number of amides is 1. The van der Waals surface area contributed by atoms with Gasteiger partial charge < -0.3 is 10.1 Å². The van der Waals surface area contributed by atoms with Gasteiger partial charge in [0.05, 0.1) is 17.9 Å². The summed E-state index contributed by atoms with van der Waals surface area (Å²) in [5, 5.41) is 2.92. The molecule has 1 aliphatic heterocycles. The summed E-state index contributed by atoms with van der Waals surface area (Å²) in [6.45, 7) is 1.07. The molecule has 0 unspecified atom stereocenters. The Labute approximate surface area is 160 Å². The summed E-state index contributed by atoms with van der Waals surface area (Å²) >= 11 is 0. The van der Waals surface area contributed by atoms with E-state index in [1.54, 1.807) is 37.4 Å². The molecule has 0 radical (unpaired) electrons. The standard InChI is InChI=1S/C20H24N2O4S/c1-26-18-11-9-16(10-12-18)14-21-20(23)17-6-5-13-22(15-17)27(24,25)19-7-3-2-4-8-19/h2-4,7-12,17H,5-6,13-15H2,1H3,(H,21,23)/t17-/m0/s1. The summed E-state index contributed by atoms with van der Waals surface area (Å²) in [5.74, 6) is 0.313. The van der Waals surface area contributed by atoms with E-state index in [0.717, 1.165) is 11.3 Å². The molecule has 7 heteroatoms. The summed E-state index contributed by atoms with van der Waals surface area (Å²) in [6, 6.07) is 15.8. The number of nitrogens with zero attached hydrogens (tertiary/aromatic N) is 1. The van der Waals surface area contributed by atoms with Crippen LogP contribution < -0.4 is 10.1 Å². The van der Waals surface area contributed by atoms with Crippen LogP contribution >= 0.6 is 0 Å². The number of carbonyl (C=O) groups is 1. The Morgan fingerprint density at radius 2 is 1.85 bits per heavy atom. The first-order valence-electron chi connectivity index (χ1n) is 8.96. The number of nitrogens with one attached hydrogen (secondary N) is 1. The first-order chi connectivity index (χ1) is 13.0. The number of benzene rings is 2. The van der Waals surface area contributed by atoms with Gasteiger partial charge in [-0.1, -0.05) is 30.3 Å². The molecular weight excluding hydrogens is 364 g/mol. The number of sulfonamides is 1. The zero-order valence-corrected chi connectivity index (χ0v) is 16.1. The summed E-state index contributed by atoms with van der Waals surface area (Å²) in [6.07, 6.45) is 1.36. The van der Waals surface area contributed by atoms with Gasteiger partial charge in [-0.2, -0.15) is 4.31 Å². The van der Waals surface area contributed by atoms with Gasteiger partial charge in [0.25, 0.3) is 0 Å². The van der Waals surface area contributed by atoms with Crippen LogP contribution in [0.4, 0.5) is 0 Å². The fourth-order valence-corrected chi connectivity index (χ4v) is 4.74. The Kier molecular flexibility index (Phi) is 6.13. The van der Waals surface area contributed by atoms with Crippen molar-refractivity contribution in [3.63, 3.8) is 0 Å². The number of hydrogen-bond donors (Lipinski definition) is 1. The second kappa shape index (κ2) is 8.54. The lowest BCUT2D eigenvalue weighted by molar-refractivity contribution is -0.126.